The number of esters is 2. The molecule has 17 heavy (non-hydrogen) atoms. The fourth-order valence-electron chi connectivity index (χ4n) is 0.303. The fraction of sp³-hybridized carbons (Fsp3) is 0. The number of carboxylic acids is 1. The van der Waals surface area contributed by atoms with E-state index >= 15 is 0 Å². The SMILES string of the molecule is C=CC#N.C=CC(=O)[O-].O=C1C=CC(=O)O1.[Li+]. The van der Waals surface area contributed by atoms with Crippen LogP contribution in [0.3, 0.4) is 0 Å². The zero-order chi connectivity index (χ0) is 13.0. The first kappa shape index (κ1) is 20.3. The Hall–Kier alpha value is -2.08. The minimum absolute atomic E-state index is 0. The maximum Gasteiger partial charge on any atom is 1.00 e. The standard InChI is InChI=1S/C4H2O3.C3H3N.C3H4O2.Li/c5-3-1-2-4(6)7-3;1-2-3-4;1-2-3(4)5;/h1-2H;2H,1H2;2H,1H2,(H,4,5);/q;;;+1/p-1. The molecule has 84 valence electrons. The van der Waals surface area contributed by atoms with Gasteiger partial charge in [0, 0.05) is 18.2 Å². The molecule has 0 aromatic rings. The van der Waals surface area contributed by atoms with E-state index in [1.54, 1.807) is 6.07 Å². The van der Waals surface area contributed by atoms with Crippen molar-refractivity contribution in [2.45, 2.75) is 0 Å². The van der Waals surface area contributed by atoms with Gasteiger partial charge >= 0.3 is 30.8 Å². The van der Waals surface area contributed by atoms with Gasteiger partial charge in [-0.25, -0.2) is 9.59 Å². The zero-order valence-corrected chi connectivity index (χ0v) is 9.21. The predicted molar refractivity (Wildman–Crippen MR) is 51.3 cm³/mol. The molecule has 1 aliphatic heterocycles. The summed E-state index contributed by atoms with van der Waals surface area (Å²) in [5, 5.41) is 16.6. The fourth-order valence-corrected chi connectivity index (χ4v) is 0.303. The molecule has 0 unspecified atom stereocenters. The summed E-state index contributed by atoms with van der Waals surface area (Å²) < 4.78 is 3.97. The molecule has 0 saturated carbocycles. The Morgan fingerprint density at radius 2 is 1.65 bits per heavy atom. The normalized spacial score (nSPS) is 10.1. The molecule has 0 bridgehead atoms. The van der Waals surface area contributed by atoms with E-state index in [9.17, 15) is 9.59 Å². The largest absolute Gasteiger partial charge is 1.00 e. The van der Waals surface area contributed by atoms with E-state index in [-0.39, 0.29) is 18.9 Å². The second kappa shape index (κ2) is 13.9. The van der Waals surface area contributed by atoms with Gasteiger partial charge in [-0.2, -0.15) is 5.26 Å². The van der Waals surface area contributed by atoms with Crippen LogP contribution in [0.25, 0.3) is 0 Å². The number of cyclic esters (lactones) is 2. The summed E-state index contributed by atoms with van der Waals surface area (Å²) in [5.74, 6) is -2.39. The summed E-state index contributed by atoms with van der Waals surface area (Å²) in [6, 6.07) is 1.69. The third-order valence-corrected chi connectivity index (χ3v) is 0.815. The summed E-state index contributed by atoms with van der Waals surface area (Å²) in [4.78, 5) is 29.0. The maximum absolute atomic E-state index is 9.92. The predicted octanol–water partition coefficient (Wildman–Crippen LogP) is -3.75. The van der Waals surface area contributed by atoms with E-state index in [4.69, 9.17) is 15.2 Å². The third-order valence-electron chi connectivity index (χ3n) is 0.815. The maximum atomic E-state index is 9.92. The number of carbonyl (C=O) groups is 3. The van der Waals surface area contributed by atoms with Gasteiger partial charge in [-0.05, 0) is 6.08 Å². The van der Waals surface area contributed by atoms with Gasteiger partial charge in [0.05, 0.1) is 12.0 Å². The van der Waals surface area contributed by atoms with Crippen molar-refractivity contribution >= 4 is 17.9 Å². The van der Waals surface area contributed by atoms with Crippen LogP contribution >= 0.6 is 0 Å². The van der Waals surface area contributed by atoms with Crippen LogP contribution in [0.2, 0.25) is 0 Å². The van der Waals surface area contributed by atoms with Crippen LogP contribution in [0.4, 0.5) is 0 Å². The first-order valence-electron chi connectivity index (χ1n) is 3.75. The van der Waals surface area contributed by atoms with Crippen LogP contribution in [-0.4, -0.2) is 17.9 Å². The van der Waals surface area contributed by atoms with Gasteiger partial charge in [-0.15, -0.1) is 0 Å². The third kappa shape index (κ3) is 20.1. The molecule has 0 atom stereocenters. The van der Waals surface area contributed by atoms with Gasteiger partial charge in [-0.1, -0.05) is 13.2 Å². The molecule has 7 heteroatoms. The van der Waals surface area contributed by atoms with Crippen molar-refractivity contribution in [2.24, 2.45) is 0 Å². The van der Waals surface area contributed by atoms with Crippen LogP contribution in [0.1, 0.15) is 0 Å². The van der Waals surface area contributed by atoms with Gasteiger partial charge in [0.2, 0.25) is 0 Å². The number of hydrogen-bond donors (Lipinski definition) is 0. The average molecular weight is 229 g/mol. The number of allylic oxidation sites excluding steroid dienone is 1. The van der Waals surface area contributed by atoms with Crippen LogP contribution in [0, 0.1) is 11.3 Å². The summed E-state index contributed by atoms with van der Waals surface area (Å²) >= 11 is 0. The van der Waals surface area contributed by atoms with E-state index in [2.05, 4.69) is 17.9 Å². The molecule has 6 nitrogen and oxygen atoms in total. The topological polar surface area (TPSA) is 107 Å². The molecule has 1 rings (SSSR count). The molecule has 0 fully saturated rings. The van der Waals surface area contributed by atoms with Crippen LogP contribution < -0.4 is 24.0 Å². The summed E-state index contributed by atoms with van der Waals surface area (Å²) in [5.41, 5.74) is 0. The van der Waals surface area contributed by atoms with Crippen LogP contribution in [0.5, 0.6) is 0 Å². The Bertz CT molecular complexity index is 351. The summed E-state index contributed by atoms with van der Waals surface area (Å²) in [7, 11) is 0. The van der Waals surface area contributed by atoms with Crippen molar-refractivity contribution in [3.63, 3.8) is 0 Å². The summed E-state index contributed by atoms with van der Waals surface area (Å²) in [6.45, 7) is 6.02. The molecular formula is C10H8LiNO5. The van der Waals surface area contributed by atoms with E-state index in [0.717, 1.165) is 18.2 Å². The van der Waals surface area contributed by atoms with Gasteiger partial charge < -0.3 is 14.6 Å². The first-order chi connectivity index (χ1) is 7.47. The second-order valence-electron chi connectivity index (χ2n) is 1.93. The van der Waals surface area contributed by atoms with Crippen LogP contribution in [0.15, 0.2) is 37.5 Å². The molecule has 1 heterocycles. The molecule has 0 N–H and O–H groups in total. The Balaban J connectivity index is -0.000000177. The van der Waals surface area contributed by atoms with Crippen LogP contribution in [-0.2, 0) is 19.1 Å². The molecule has 0 amide bonds. The minimum atomic E-state index is -1.23. The Labute approximate surface area is 110 Å². The van der Waals surface area contributed by atoms with E-state index in [1.807, 2.05) is 0 Å². The van der Waals surface area contributed by atoms with E-state index in [1.165, 1.54) is 6.08 Å². The molecule has 0 aliphatic carbocycles. The van der Waals surface area contributed by atoms with Crippen molar-refractivity contribution in [3.05, 3.63) is 37.5 Å². The number of carboxylic acid groups (broad SMARTS) is 1. The Morgan fingerprint density at radius 1 is 1.35 bits per heavy atom. The van der Waals surface area contributed by atoms with E-state index < -0.39 is 17.9 Å². The molecule has 0 saturated heterocycles. The van der Waals surface area contributed by atoms with Crippen molar-refractivity contribution in [1.82, 2.24) is 0 Å². The monoisotopic (exact) mass is 229 g/mol. The van der Waals surface area contributed by atoms with Crippen molar-refractivity contribution < 1.29 is 43.1 Å². The molecule has 0 aromatic carbocycles. The van der Waals surface area contributed by atoms with Gasteiger partial charge in [0.15, 0.2) is 0 Å². The zero-order valence-electron chi connectivity index (χ0n) is 9.21. The molecule has 0 radical (unpaired) electrons. The molecule has 1 aliphatic rings. The first-order valence-corrected chi connectivity index (χ1v) is 3.75. The van der Waals surface area contributed by atoms with Gasteiger partial charge in [-0.3, -0.25) is 0 Å². The molecule has 0 spiro atoms. The number of hydrogen-bond acceptors (Lipinski definition) is 6. The second-order valence-corrected chi connectivity index (χ2v) is 1.93. The van der Waals surface area contributed by atoms with Crippen molar-refractivity contribution in [3.8, 4) is 6.07 Å². The average Bonchev–Trinajstić information content (AvgIpc) is 2.63. The number of ether oxygens (including phenoxy) is 1. The Morgan fingerprint density at radius 3 is 1.71 bits per heavy atom. The number of nitrogens with zero attached hydrogens (tertiary/aromatic N) is 1. The van der Waals surface area contributed by atoms with E-state index in [0.29, 0.717) is 0 Å². The number of aliphatic carboxylic acids is 1. The van der Waals surface area contributed by atoms with Crippen molar-refractivity contribution in [2.75, 3.05) is 0 Å². The van der Waals surface area contributed by atoms with Gasteiger partial charge in [0.25, 0.3) is 0 Å². The minimum Gasteiger partial charge on any atom is -0.545 e. The van der Waals surface area contributed by atoms with Gasteiger partial charge in [0.1, 0.15) is 0 Å². The molecular weight excluding hydrogens is 221 g/mol. The molecule has 0 aromatic heterocycles. The number of nitriles is 1. The number of rotatable bonds is 1. The quantitative estimate of drug-likeness (QED) is 0.150. The number of carbonyl (C=O) groups excluding carboxylic acids is 3. The smallest absolute Gasteiger partial charge is 0.545 e. The summed E-state index contributed by atoms with van der Waals surface area (Å²) in [6.07, 6.45) is 4.07. The Kier molecular flexibility index (Phi) is 16.7. The van der Waals surface area contributed by atoms with Crippen molar-refractivity contribution in [1.29, 1.82) is 5.26 Å².